The smallest absolute Gasteiger partial charge is 0.244 e. The molecule has 0 fully saturated rings. The van der Waals surface area contributed by atoms with E-state index in [0.717, 1.165) is 33.6 Å². The minimum absolute atomic E-state index is 0.129. The fourth-order valence-electron chi connectivity index (χ4n) is 3.98. The number of amides is 3. The van der Waals surface area contributed by atoms with E-state index in [-0.39, 0.29) is 43.3 Å². The summed E-state index contributed by atoms with van der Waals surface area (Å²) >= 11 is 0. The van der Waals surface area contributed by atoms with Gasteiger partial charge in [-0.2, -0.15) is 0 Å². The first kappa shape index (κ1) is 25.7. The fourth-order valence-corrected chi connectivity index (χ4v) is 3.98. The summed E-state index contributed by atoms with van der Waals surface area (Å²) in [6.07, 6.45) is 5.20. The van der Waals surface area contributed by atoms with Gasteiger partial charge in [0, 0.05) is 36.2 Å². The largest absolute Gasteiger partial charge is 0.334 e. The third-order valence-corrected chi connectivity index (χ3v) is 6.02. The van der Waals surface area contributed by atoms with Crippen molar-refractivity contribution in [3.8, 4) is 0 Å². The second-order valence-corrected chi connectivity index (χ2v) is 8.94. The van der Waals surface area contributed by atoms with Crippen LogP contribution < -0.4 is 10.6 Å². The number of para-hydroxylation sites is 2. The van der Waals surface area contributed by atoms with E-state index in [1.807, 2.05) is 75.6 Å². The highest BCUT2D eigenvalue weighted by Gasteiger charge is 2.23. The van der Waals surface area contributed by atoms with Gasteiger partial charge in [0.25, 0.3) is 0 Å². The van der Waals surface area contributed by atoms with Gasteiger partial charge in [-0.1, -0.05) is 36.4 Å². The predicted molar refractivity (Wildman–Crippen MR) is 137 cm³/mol. The number of hydrogen-bond donors (Lipinski definition) is 2. The van der Waals surface area contributed by atoms with Gasteiger partial charge < -0.3 is 20.1 Å². The Morgan fingerprint density at radius 3 is 1.71 bits per heavy atom. The van der Waals surface area contributed by atoms with Gasteiger partial charge in [0.2, 0.25) is 17.7 Å². The van der Waals surface area contributed by atoms with Crippen LogP contribution in [-0.2, 0) is 14.4 Å². The molecular weight excluding hydrogens is 442 g/mol. The maximum Gasteiger partial charge on any atom is 0.244 e. The van der Waals surface area contributed by atoms with Gasteiger partial charge in [-0.15, -0.1) is 0 Å². The summed E-state index contributed by atoms with van der Waals surface area (Å²) in [4.78, 5) is 44.4. The van der Waals surface area contributed by atoms with Crippen LogP contribution in [0.15, 0.2) is 55.1 Å². The zero-order valence-electron chi connectivity index (χ0n) is 21.0. The topological polar surface area (TPSA) is 96.3 Å². The minimum atomic E-state index is -0.356. The number of rotatable bonds is 9. The molecule has 184 valence electrons. The van der Waals surface area contributed by atoms with Gasteiger partial charge in [0.05, 0.1) is 6.33 Å². The van der Waals surface area contributed by atoms with Gasteiger partial charge in [-0.25, -0.2) is 4.98 Å². The molecule has 1 heterocycles. The molecule has 3 aromatic rings. The summed E-state index contributed by atoms with van der Waals surface area (Å²) < 4.78 is 1.82. The van der Waals surface area contributed by atoms with Crippen molar-refractivity contribution in [2.75, 3.05) is 23.7 Å². The molecule has 3 amide bonds. The van der Waals surface area contributed by atoms with Crippen molar-refractivity contribution in [2.45, 2.75) is 47.1 Å². The first-order chi connectivity index (χ1) is 16.7. The number of benzene rings is 2. The number of aryl methyl sites for hydroxylation is 4. The van der Waals surface area contributed by atoms with Crippen LogP contribution in [-0.4, -0.2) is 45.3 Å². The highest BCUT2D eigenvalue weighted by Crippen LogP contribution is 2.21. The van der Waals surface area contributed by atoms with E-state index in [1.54, 1.807) is 18.7 Å². The van der Waals surface area contributed by atoms with Crippen molar-refractivity contribution in [3.63, 3.8) is 0 Å². The van der Waals surface area contributed by atoms with Crippen LogP contribution in [0.2, 0.25) is 0 Å². The lowest BCUT2D eigenvalue weighted by atomic mass is 10.1. The average Bonchev–Trinajstić information content (AvgIpc) is 3.34. The fraction of sp³-hybridized carbons (Fsp3) is 0.333. The van der Waals surface area contributed by atoms with Crippen LogP contribution in [0.4, 0.5) is 11.4 Å². The molecule has 0 radical (unpaired) electrons. The molecule has 0 aliphatic carbocycles. The standard InChI is InChI=1S/C27H33N5O3/c1-18-8-6-9-19(2)26(18)29-23(33)15-32(25(35)14-22(5)31-13-12-28-17-31)16-24(34)30-27-20(3)10-7-11-21(27)4/h6-13,17,22H,14-16H2,1-5H3,(H,29,33)(H,30,34). The third-order valence-electron chi connectivity index (χ3n) is 6.02. The monoisotopic (exact) mass is 475 g/mol. The average molecular weight is 476 g/mol. The summed E-state index contributed by atoms with van der Waals surface area (Å²) in [6.45, 7) is 9.08. The third kappa shape index (κ3) is 6.79. The Balaban J connectivity index is 1.75. The molecule has 0 bridgehead atoms. The van der Waals surface area contributed by atoms with Gasteiger partial charge >= 0.3 is 0 Å². The highest BCUT2D eigenvalue weighted by atomic mass is 16.2. The Morgan fingerprint density at radius 2 is 1.31 bits per heavy atom. The molecule has 0 aliphatic rings. The number of aromatic nitrogens is 2. The zero-order valence-corrected chi connectivity index (χ0v) is 21.0. The molecule has 0 aliphatic heterocycles. The molecule has 1 aromatic heterocycles. The zero-order chi connectivity index (χ0) is 25.5. The Labute approximate surface area is 206 Å². The Kier molecular flexibility index (Phi) is 8.41. The molecule has 8 nitrogen and oxygen atoms in total. The van der Waals surface area contributed by atoms with Crippen molar-refractivity contribution in [2.24, 2.45) is 0 Å². The van der Waals surface area contributed by atoms with Crippen molar-refractivity contribution < 1.29 is 14.4 Å². The maximum atomic E-state index is 13.2. The van der Waals surface area contributed by atoms with Crippen molar-refractivity contribution in [1.82, 2.24) is 14.5 Å². The Hall–Kier alpha value is -3.94. The van der Waals surface area contributed by atoms with Gasteiger partial charge in [0.15, 0.2) is 0 Å². The van der Waals surface area contributed by atoms with Crippen LogP contribution in [0.1, 0.15) is 41.6 Å². The van der Waals surface area contributed by atoms with Crippen LogP contribution in [0.5, 0.6) is 0 Å². The second-order valence-electron chi connectivity index (χ2n) is 8.94. The van der Waals surface area contributed by atoms with E-state index >= 15 is 0 Å². The van der Waals surface area contributed by atoms with Crippen LogP contribution in [0.25, 0.3) is 0 Å². The van der Waals surface area contributed by atoms with Gasteiger partial charge in [-0.05, 0) is 56.9 Å². The first-order valence-corrected chi connectivity index (χ1v) is 11.6. The lowest BCUT2D eigenvalue weighted by Crippen LogP contribution is -2.43. The molecule has 1 unspecified atom stereocenters. The normalized spacial score (nSPS) is 11.6. The highest BCUT2D eigenvalue weighted by molar-refractivity contribution is 5.99. The molecule has 0 saturated carbocycles. The molecule has 2 N–H and O–H groups in total. The minimum Gasteiger partial charge on any atom is -0.334 e. The van der Waals surface area contributed by atoms with Gasteiger partial charge in [0.1, 0.15) is 13.1 Å². The van der Waals surface area contributed by atoms with E-state index in [0.29, 0.717) is 0 Å². The molecule has 0 saturated heterocycles. The molecule has 0 spiro atoms. The lowest BCUT2D eigenvalue weighted by Gasteiger charge is -2.24. The van der Waals surface area contributed by atoms with E-state index in [2.05, 4.69) is 15.6 Å². The van der Waals surface area contributed by atoms with Crippen LogP contribution >= 0.6 is 0 Å². The number of nitrogens with zero attached hydrogens (tertiary/aromatic N) is 3. The van der Waals surface area contributed by atoms with Crippen LogP contribution in [0, 0.1) is 27.7 Å². The number of imidazole rings is 1. The quantitative estimate of drug-likeness (QED) is 0.485. The molecule has 35 heavy (non-hydrogen) atoms. The SMILES string of the molecule is Cc1cccc(C)c1NC(=O)CN(CC(=O)Nc1c(C)cccc1C)C(=O)CC(C)n1ccnc1. The number of nitrogens with one attached hydrogen (secondary N) is 2. The predicted octanol–water partition coefficient (Wildman–Crippen LogP) is 4.17. The summed E-state index contributed by atoms with van der Waals surface area (Å²) in [5, 5.41) is 5.81. The van der Waals surface area contributed by atoms with E-state index in [9.17, 15) is 14.4 Å². The van der Waals surface area contributed by atoms with Crippen LogP contribution in [0.3, 0.4) is 0 Å². The first-order valence-electron chi connectivity index (χ1n) is 11.6. The summed E-state index contributed by atoms with van der Waals surface area (Å²) in [7, 11) is 0. The molecule has 8 heteroatoms. The van der Waals surface area contributed by atoms with E-state index in [4.69, 9.17) is 0 Å². The number of hydrogen-bond acceptors (Lipinski definition) is 4. The van der Waals surface area contributed by atoms with E-state index < -0.39 is 0 Å². The summed E-state index contributed by atoms with van der Waals surface area (Å²) in [6, 6.07) is 11.3. The summed E-state index contributed by atoms with van der Waals surface area (Å²) in [5.74, 6) is -1.00. The van der Waals surface area contributed by atoms with E-state index in [1.165, 1.54) is 4.90 Å². The van der Waals surface area contributed by atoms with Gasteiger partial charge in [-0.3, -0.25) is 14.4 Å². The summed E-state index contributed by atoms with van der Waals surface area (Å²) in [5.41, 5.74) is 5.15. The molecule has 2 aromatic carbocycles. The molecule has 1 atom stereocenters. The Morgan fingerprint density at radius 1 is 0.857 bits per heavy atom. The van der Waals surface area contributed by atoms with Crippen molar-refractivity contribution in [1.29, 1.82) is 0 Å². The second kappa shape index (κ2) is 11.5. The van der Waals surface area contributed by atoms with Crippen molar-refractivity contribution in [3.05, 3.63) is 77.4 Å². The number of anilines is 2. The maximum absolute atomic E-state index is 13.2. The lowest BCUT2D eigenvalue weighted by molar-refractivity contribution is -0.137. The molecule has 3 rings (SSSR count). The van der Waals surface area contributed by atoms with Crippen molar-refractivity contribution >= 4 is 29.1 Å². The molecular formula is C27H33N5O3. The Bertz CT molecular complexity index is 1100. The number of carbonyl (C=O) groups is 3. The number of carbonyl (C=O) groups excluding carboxylic acids is 3.